The van der Waals surface area contributed by atoms with Crippen LogP contribution in [0.25, 0.3) is 5.70 Å². The van der Waals surface area contributed by atoms with Gasteiger partial charge < -0.3 is 10.2 Å². The number of piperazine rings is 1. The molecule has 0 radical (unpaired) electrons. The first-order valence-electron chi connectivity index (χ1n) is 15.1. The minimum Gasteiger partial charge on any atom is -0.354 e. The molecule has 6 nitrogen and oxygen atoms in total. The maximum atomic E-state index is 14.3. The van der Waals surface area contributed by atoms with Crippen LogP contribution in [-0.2, 0) is 12.7 Å². The van der Waals surface area contributed by atoms with Crippen molar-refractivity contribution in [1.82, 2.24) is 19.8 Å². The highest BCUT2D eigenvalue weighted by Crippen LogP contribution is 2.38. The third-order valence-electron chi connectivity index (χ3n) is 7.68. The molecule has 232 valence electrons. The fourth-order valence-corrected chi connectivity index (χ4v) is 5.07. The molecule has 1 aromatic carbocycles. The maximum absolute atomic E-state index is 14.3. The van der Waals surface area contributed by atoms with Crippen LogP contribution >= 0.6 is 0 Å². The van der Waals surface area contributed by atoms with E-state index in [4.69, 9.17) is 0 Å². The van der Waals surface area contributed by atoms with Crippen molar-refractivity contribution in [3.8, 4) is 11.8 Å². The number of nitrogens with one attached hydrogen (secondary N) is 1. The van der Waals surface area contributed by atoms with Gasteiger partial charge in [-0.05, 0) is 80.1 Å². The fraction of sp³-hybridized carbons (Fsp3) is 0.371. The van der Waals surface area contributed by atoms with E-state index in [9.17, 15) is 13.2 Å². The number of nitrogens with zero attached hydrogens (tertiary/aromatic N) is 5. The molecule has 2 fully saturated rings. The summed E-state index contributed by atoms with van der Waals surface area (Å²) in [6, 6.07) is 6.61. The molecule has 1 saturated carbocycles. The number of likely N-dealkylation sites (N-methyl/N-ethyl adjacent to an activating group) is 1. The molecule has 0 spiro atoms. The number of allylic oxidation sites excluding steroid dienone is 5. The lowest BCUT2D eigenvalue weighted by Crippen LogP contribution is -2.44. The predicted molar refractivity (Wildman–Crippen MR) is 173 cm³/mol. The number of benzene rings is 1. The van der Waals surface area contributed by atoms with Gasteiger partial charge in [0.25, 0.3) is 0 Å². The van der Waals surface area contributed by atoms with Gasteiger partial charge in [0.1, 0.15) is 5.70 Å². The van der Waals surface area contributed by atoms with E-state index in [1.807, 2.05) is 58.2 Å². The van der Waals surface area contributed by atoms with Crippen molar-refractivity contribution >= 4 is 17.6 Å². The lowest BCUT2D eigenvalue weighted by molar-refractivity contribution is -0.138. The first kappa shape index (κ1) is 32.8. The molecule has 2 aliphatic heterocycles. The monoisotopic (exact) mass is 602 g/mol. The largest absolute Gasteiger partial charge is 0.416 e. The highest BCUT2D eigenvalue weighted by Gasteiger charge is 2.34. The van der Waals surface area contributed by atoms with E-state index in [0.717, 1.165) is 51.0 Å². The second-order valence-electron chi connectivity index (χ2n) is 10.7. The van der Waals surface area contributed by atoms with Gasteiger partial charge in [-0.15, -0.1) is 0 Å². The van der Waals surface area contributed by atoms with E-state index in [0.29, 0.717) is 39.5 Å². The zero-order valence-electron chi connectivity index (χ0n) is 26.0. The van der Waals surface area contributed by atoms with Crippen molar-refractivity contribution in [2.75, 3.05) is 38.5 Å². The Morgan fingerprint density at radius 2 is 1.84 bits per heavy atom. The Bertz CT molecular complexity index is 1510. The topological polar surface area (TPSA) is 47.0 Å². The summed E-state index contributed by atoms with van der Waals surface area (Å²) in [5.41, 5.74) is 4.79. The minimum atomic E-state index is -4.45. The van der Waals surface area contributed by atoms with Crippen molar-refractivity contribution in [3.63, 3.8) is 0 Å². The molecule has 0 unspecified atom stereocenters. The summed E-state index contributed by atoms with van der Waals surface area (Å²) >= 11 is 0. The SMILES string of the molecule is C=C1C=CC=NN1/C(C#Cc1cncc(NC(=C2CCC2)c2ccc(CN3CCN(C)CC3)c(C(F)(F)F)c2)c1)=C\C.CC. The molecule has 1 aliphatic carbocycles. The van der Waals surface area contributed by atoms with E-state index in [1.54, 1.807) is 29.7 Å². The number of hydrogen-bond acceptors (Lipinski definition) is 6. The van der Waals surface area contributed by atoms with Crippen LogP contribution in [0.5, 0.6) is 0 Å². The molecule has 9 heteroatoms. The molecular weight excluding hydrogens is 561 g/mol. The van der Waals surface area contributed by atoms with Crippen molar-refractivity contribution in [3.05, 3.63) is 101 Å². The molecule has 44 heavy (non-hydrogen) atoms. The van der Waals surface area contributed by atoms with Crippen LogP contribution < -0.4 is 5.32 Å². The molecule has 0 atom stereocenters. The Labute approximate surface area is 259 Å². The summed E-state index contributed by atoms with van der Waals surface area (Å²) < 4.78 is 42.9. The van der Waals surface area contributed by atoms with Crippen molar-refractivity contribution in [1.29, 1.82) is 0 Å². The van der Waals surface area contributed by atoms with Gasteiger partial charge >= 0.3 is 6.18 Å². The number of hydrazone groups is 1. The number of rotatable bonds is 6. The first-order chi connectivity index (χ1) is 21.2. The maximum Gasteiger partial charge on any atom is 0.416 e. The van der Waals surface area contributed by atoms with E-state index in [-0.39, 0.29) is 6.54 Å². The van der Waals surface area contributed by atoms with Crippen LogP contribution in [0.1, 0.15) is 62.3 Å². The summed E-state index contributed by atoms with van der Waals surface area (Å²) in [5, 5.41) is 9.37. The number of anilines is 1. The molecule has 3 heterocycles. The standard InChI is InChI=1S/C33H35F3N6.C2H6/c1-4-30(42-24(2)7-6-14-38-42)13-10-25-19-29(22-37-21-25)39-32(26-8-5-9-26)27-11-12-28(31(20-27)33(34,35)36)23-41-17-15-40(3)16-18-41;1-2/h4,6-7,11-12,14,19-22,39H,2,5,8-9,15-18,23H2,1,3H3;1-2H3/b30-4-;. The van der Waals surface area contributed by atoms with Crippen LogP contribution in [0.4, 0.5) is 18.9 Å². The molecule has 0 bridgehead atoms. The number of alkyl halides is 3. The Morgan fingerprint density at radius 3 is 2.48 bits per heavy atom. The molecular formula is C35H41F3N6. The molecule has 3 aliphatic rings. The van der Waals surface area contributed by atoms with E-state index in [1.165, 1.54) is 6.07 Å². The molecule has 5 rings (SSSR count). The Morgan fingerprint density at radius 1 is 1.09 bits per heavy atom. The molecule has 2 aromatic rings. The summed E-state index contributed by atoms with van der Waals surface area (Å²) in [6.07, 6.45) is 8.77. The summed E-state index contributed by atoms with van der Waals surface area (Å²) in [7, 11) is 2.03. The zero-order chi connectivity index (χ0) is 31.7. The number of pyridine rings is 1. The summed E-state index contributed by atoms with van der Waals surface area (Å²) in [5.74, 6) is 6.25. The predicted octanol–water partition coefficient (Wildman–Crippen LogP) is 7.51. The summed E-state index contributed by atoms with van der Waals surface area (Å²) in [4.78, 5) is 8.63. The summed E-state index contributed by atoms with van der Waals surface area (Å²) in [6.45, 7) is 13.4. The highest BCUT2D eigenvalue weighted by molar-refractivity contribution is 5.80. The van der Waals surface area contributed by atoms with E-state index >= 15 is 0 Å². The quantitative estimate of drug-likeness (QED) is 0.347. The normalized spacial score (nSPS) is 17.3. The van der Waals surface area contributed by atoms with Gasteiger partial charge in [-0.1, -0.05) is 44.6 Å². The van der Waals surface area contributed by atoms with Crippen molar-refractivity contribution in [2.24, 2.45) is 5.10 Å². The van der Waals surface area contributed by atoms with Crippen molar-refractivity contribution in [2.45, 2.75) is 52.8 Å². The molecule has 1 N–H and O–H groups in total. The minimum absolute atomic E-state index is 0.285. The Balaban J connectivity index is 0.00000216. The van der Waals surface area contributed by atoms with E-state index < -0.39 is 11.7 Å². The van der Waals surface area contributed by atoms with Crippen LogP contribution in [0.2, 0.25) is 0 Å². The lowest BCUT2D eigenvalue weighted by atomic mass is 9.87. The van der Waals surface area contributed by atoms with Gasteiger partial charge in [-0.2, -0.15) is 18.3 Å². The van der Waals surface area contributed by atoms with Gasteiger partial charge in [0.05, 0.1) is 23.1 Å². The van der Waals surface area contributed by atoms with Crippen LogP contribution in [-0.4, -0.2) is 59.2 Å². The van der Waals surface area contributed by atoms with Crippen molar-refractivity contribution < 1.29 is 13.2 Å². The number of aromatic nitrogens is 1. The molecule has 1 saturated heterocycles. The highest BCUT2D eigenvalue weighted by atomic mass is 19.4. The van der Waals surface area contributed by atoms with Crippen LogP contribution in [0, 0.1) is 11.8 Å². The first-order valence-corrected chi connectivity index (χ1v) is 15.1. The average molecular weight is 603 g/mol. The van der Waals surface area contributed by atoms with Gasteiger partial charge in [-0.25, -0.2) is 5.01 Å². The fourth-order valence-electron chi connectivity index (χ4n) is 5.07. The van der Waals surface area contributed by atoms with Crippen LogP contribution in [0.3, 0.4) is 0 Å². The Hall–Kier alpha value is -4.13. The second-order valence-corrected chi connectivity index (χ2v) is 10.7. The van der Waals surface area contributed by atoms with Crippen LogP contribution in [0.15, 0.2) is 83.5 Å². The third-order valence-corrected chi connectivity index (χ3v) is 7.68. The van der Waals surface area contributed by atoms with Gasteiger partial charge in [0, 0.05) is 56.4 Å². The Kier molecular flexibility index (Phi) is 11.2. The number of hydrogen-bond donors (Lipinski definition) is 1. The molecule has 0 amide bonds. The third kappa shape index (κ3) is 8.28. The zero-order valence-corrected chi connectivity index (χ0v) is 26.0. The van der Waals surface area contributed by atoms with Gasteiger partial charge in [0.2, 0.25) is 0 Å². The molecule has 1 aromatic heterocycles. The van der Waals surface area contributed by atoms with Gasteiger partial charge in [0.15, 0.2) is 0 Å². The van der Waals surface area contributed by atoms with Gasteiger partial charge in [-0.3, -0.25) is 9.88 Å². The smallest absolute Gasteiger partial charge is 0.354 e. The lowest BCUT2D eigenvalue weighted by Gasteiger charge is -2.33. The second kappa shape index (κ2) is 15.0. The number of halogens is 3. The van der Waals surface area contributed by atoms with E-state index in [2.05, 4.69) is 43.6 Å². The average Bonchev–Trinajstić information content (AvgIpc) is 2.99.